The van der Waals surface area contributed by atoms with Crippen molar-refractivity contribution in [2.75, 3.05) is 13.7 Å². The van der Waals surface area contributed by atoms with E-state index in [4.69, 9.17) is 25.5 Å². The molecule has 6 nitrogen and oxygen atoms in total. The smallest absolute Gasteiger partial charge is 0.204 e. The molecule has 31 heavy (non-hydrogen) atoms. The van der Waals surface area contributed by atoms with E-state index in [9.17, 15) is 14.7 Å². The van der Waals surface area contributed by atoms with Crippen LogP contribution in [0.4, 0.5) is 0 Å². The number of methoxy groups -OCH3 is 1. The quantitative estimate of drug-likeness (QED) is 0.424. The summed E-state index contributed by atoms with van der Waals surface area (Å²) in [5.41, 5.74) is 1.15. The monoisotopic (exact) mass is 436 g/mol. The number of ether oxygens (including phenoxy) is 2. The molecule has 0 radical (unpaired) electrons. The molecule has 1 aromatic heterocycles. The average Bonchev–Trinajstić information content (AvgIpc) is 2.78. The second kappa shape index (κ2) is 8.53. The molecule has 3 aromatic carbocycles. The predicted octanol–water partition coefficient (Wildman–Crippen LogP) is 5.09. The molecular weight excluding hydrogens is 420 g/mol. The van der Waals surface area contributed by atoms with Crippen molar-refractivity contribution in [3.05, 3.63) is 87.7 Å². The van der Waals surface area contributed by atoms with Gasteiger partial charge in [-0.25, -0.2) is 0 Å². The van der Waals surface area contributed by atoms with Crippen LogP contribution in [0.25, 0.3) is 22.1 Å². The summed E-state index contributed by atoms with van der Waals surface area (Å²) in [6, 6.07) is 16.1. The van der Waals surface area contributed by atoms with E-state index < -0.39 is 0 Å². The highest BCUT2D eigenvalue weighted by molar-refractivity contribution is 6.30. The lowest BCUT2D eigenvalue weighted by molar-refractivity contribution is 0.0921. The summed E-state index contributed by atoms with van der Waals surface area (Å²) >= 11 is 5.83. The number of benzene rings is 3. The van der Waals surface area contributed by atoms with Crippen LogP contribution in [0.15, 0.2) is 76.1 Å². The topological polar surface area (TPSA) is 86.0 Å². The molecule has 0 saturated carbocycles. The van der Waals surface area contributed by atoms with E-state index in [1.807, 2.05) is 0 Å². The van der Waals surface area contributed by atoms with Crippen molar-refractivity contribution in [1.82, 2.24) is 0 Å². The van der Waals surface area contributed by atoms with Gasteiger partial charge in [-0.15, -0.1) is 0 Å². The van der Waals surface area contributed by atoms with E-state index in [-0.39, 0.29) is 40.3 Å². The van der Waals surface area contributed by atoms with E-state index in [0.29, 0.717) is 27.5 Å². The van der Waals surface area contributed by atoms with Crippen LogP contribution in [0.3, 0.4) is 0 Å². The first kappa shape index (κ1) is 20.5. The standard InChI is InChI=1S/C24H17ClO6/c1-29-17-8-4-14(5-9-17)19-12-31-22-11-18(10-20(26)23(22)24(19)28)30-13-21(27)15-2-6-16(25)7-3-15/h2-12,26H,13H2,1H3. The summed E-state index contributed by atoms with van der Waals surface area (Å²) in [7, 11) is 1.56. The number of halogens is 1. The molecule has 0 spiro atoms. The van der Waals surface area contributed by atoms with Gasteiger partial charge in [0, 0.05) is 22.7 Å². The molecule has 0 aliphatic heterocycles. The molecule has 0 aliphatic carbocycles. The van der Waals surface area contributed by atoms with Gasteiger partial charge < -0.3 is 19.0 Å². The fraction of sp³-hybridized carbons (Fsp3) is 0.0833. The lowest BCUT2D eigenvalue weighted by Gasteiger charge is -2.09. The highest BCUT2D eigenvalue weighted by atomic mass is 35.5. The number of hydrogen-bond donors (Lipinski definition) is 1. The van der Waals surface area contributed by atoms with Gasteiger partial charge in [0.1, 0.15) is 34.5 Å². The average molecular weight is 437 g/mol. The largest absolute Gasteiger partial charge is 0.507 e. The SMILES string of the molecule is COc1ccc(-c2coc3cc(OCC(=O)c4ccc(Cl)cc4)cc(O)c3c2=O)cc1. The number of aromatic hydroxyl groups is 1. The molecule has 0 aliphatic rings. The predicted molar refractivity (Wildman–Crippen MR) is 117 cm³/mol. The van der Waals surface area contributed by atoms with Gasteiger partial charge in [-0.3, -0.25) is 9.59 Å². The summed E-state index contributed by atoms with van der Waals surface area (Å²) in [4.78, 5) is 25.2. The highest BCUT2D eigenvalue weighted by Crippen LogP contribution is 2.31. The van der Waals surface area contributed by atoms with Gasteiger partial charge in [0.2, 0.25) is 5.43 Å². The van der Waals surface area contributed by atoms with Crippen molar-refractivity contribution in [3.8, 4) is 28.4 Å². The summed E-state index contributed by atoms with van der Waals surface area (Å²) < 4.78 is 16.2. The van der Waals surface area contributed by atoms with Crippen LogP contribution in [0, 0.1) is 0 Å². The van der Waals surface area contributed by atoms with E-state index >= 15 is 0 Å². The summed E-state index contributed by atoms with van der Waals surface area (Å²) in [5.74, 6) is 0.308. The zero-order chi connectivity index (χ0) is 22.0. The van der Waals surface area contributed by atoms with E-state index in [0.717, 1.165) is 0 Å². The minimum absolute atomic E-state index is 0.0321. The number of carbonyl (C=O) groups is 1. The van der Waals surface area contributed by atoms with Crippen LogP contribution in [0.2, 0.25) is 5.02 Å². The fourth-order valence-electron chi connectivity index (χ4n) is 3.13. The van der Waals surface area contributed by atoms with E-state index in [1.165, 1.54) is 18.4 Å². The van der Waals surface area contributed by atoms with Crippen molar-refractivity contribution in [2.45, 2.75) is 0 Å². The number of carbonyl (C=O) groups excluding carboxylic acids is 1. The van der Waals surface area contributed by atoms with Gasteiger partial charge in [0.05, 0.1) is 12.7 Å². The summed E-state index contributed by atoms with van der Waals surface area (Å²) in [6.07, 6.45) is 1.33. The molecule has 1 N–H and O–H groups in total. The van der Waals surface area contributed by atoms with Gasteiger partial charge in [-0.2, -0.15) is 0 Å². The normalized spacial score (nSPS) is 10.8. The second-order valence-corrected chi connectivity index (χ2v) is 7.18. The van der Waals surface area contributed by atoms with Crippen LogP contribution in [0.1, 0.15) is 10.4 Å². The summed E-state index contributed by atoms with van der Waals surface area (Å²) in [6.45, 7) is -0.249. The lowest BCUT2D eigenvalue weighted by Crippen LogP contribution is -2.11. The molecule has 0 saturated heterocycles. The van der Waals surface area contributed by atoms with Crippen LogP contribution in [0.5, 0.6) is 17.2 Å². The first-order valence-corrected chi connectivity index (χ1v) is 9.68. The Morgan fingerprint density at radius 3 is 2.42 bits per heavy atom. The Kier molecular flexibility index (Phi) is 5.64. The maximum absolute atomic E-state index is 12.9. The molecule has 4 aromatic rings. The Labute approximate surface area is 182 Å². The number of Topliss-reactive ketones (excluding diaryl/α,β-unsaturated/α-hetero) is 1. The van der Waals surface area contributed by atoms with Crippen molar-refractivity contribution >= 4 is 28.4 Å². The van der Waals surface area contributed by atoms with E-state index in [2.05, 4.69) is 0 Å². The molecular formula is C24H17ClO6. The first-order chi connectivity index (χ1) is 15.0. The summed E-state index contributed by atoms with van der Waals surface area (Å²) in [5, 5.41) is 11.0. The molecule has 0 amide bonds. The molecule has 0 fully saturated rings. The third kappa shape index (κ3) is 4.25. The van der Waals surface area contributed by atoms with Crippen molar-refractivity contribution in [2.24, 2.45) is 0 Å². The Morgan fingerprint density at radius 2 is 1.74 bits per heavy atom. The van der Waals surface area contributed by atoms with Gasteiger partial charge in [0.25, 0.3) is 0 Å². The minimum Gasteiger partial charge on any atom is -0.507 e. The molecule has 156 valence electrons. The van der Waals surface area contributed by atoms with Crippen LogP contribution in [-0.2, 0) is 0 Å². The van der Waals surface area contributed by atoms with Gasteiger partial charge in [-0.05, 0) is 42.0 Å². The van der Waals surface area contributed by atoms with E-state index in [1.54, 1.807) is 55.6 Å². The Balaban J connectivity index is 1.60. The van der Waals surface area contributed by atoms with Gasteiger partial charge in [-0.1, -0.05) is 23.7 Å². The molecule has 1 heterocycles. The molecule has 4 rings (SSSR count). The molecule has 0 bridgehead atoms. The third-order valence-corrected chi connectivity index (χ3v) is 5.02. The van der Waals surface area contributed by atoms with Crippen molar-refractivity contribution < 1.29 is 23.8 Å². The molecule has 0 unspecified atom stereocenters. The first-order valence-electron chi connectivity index (χ1n) is 9.31. The van der Waals surface area contributed by atoms with Crippen LogP contribution >= 0.6 is 11.6 Å². The highest BCUT2D eigenvalue weighted by Gasteiger charge is 2.15. The number of phenolic OH excluding ortho intramolecular Hbond substituents is 1. The van der Waals surface area contributed by atoms with Crippen molar-refractivity contribution in [3.63, 3.8) is 0 Å². The maximum Gasteiger partial charge on any atom is 0.204 e. The number of rotatable bonds is 6. The van der Waals surface area contributed by atoms with Crippen molar-refractivity contribution in [1.29, 1.82) is 0 Å². The molecule has 0 atom stereocenters. The van der Waals surface area contributed by atoms with Crippen LogP contribution < -0.4 is 14.9 Å². The second-order valence-electron chi connectivity index (χ2n) is 6.74. The fourth-order valence-corrected chi connectivity index (χ4v) is 3.25. The number of hydrogen-bond acceptors (Lipinski definition) is 6. The van der Waals surface area contributed by atoms with Gasteiger partial charge in [0.15, 0.2) is 12.4 Å². The van der Waals surface area contributed by atoms with Gasteiger partial charge >= 0.3 is 0 Å². The number of fused-ring (bicyclic) bond motifs is 1. The number of phenols is 1. The third-order valence-electron chi connectivity index (χ3n) is 4.77. The molecule has 7 heteroatoms. The van der Waals surface area contributed by atoms with Crippen LogP contribution in [-0.4, -0.2) is 24.6 Å². The lowest BCUT2D eigenvalue weighted by atomic mass is 10.0. The number of ketones is 1. The zero-order valence-electron chi connectivity index (χ0n) is 16.4. The minimum atomic E-state index is -0.382. The Morgan fingerprint density at radius 1 is 1.03 bits per heavy atom. The maximum atomic E-state index is 12.9. The Hall–Kier alpha value is -3.77. The Bertz CT molecular complexity index is 1310. The zero-order valence-corrected chi connectivity index (χ0v) is 17.2.